The lowest BCUT2D eigenvalue weighted by Crippen LogP contribution is -3.17. The molecule has 2 N–H and O–H groups in total. The fourth-order valence-corrected chi connectivity index (χ4v) is 2.83. The molecule has 0 bridgehead atoms. The van der Waals surface area contributed by atoms with Crippen LogP contribution in [-0.4, -0.2) is 25.0 Å². The molecule has 1 aromatic carbocycles. The number of hydrogen-bond acceptors (Lipinski definition) is 1. The summed E-state index contributed by atoms with van der Waals surface area (Å²) in [6, 6.07) is 4.72. The van der Waals surface area contributed by atoms with Gasteiger partial charge in [0, 0.05) is 11.6 Å². The number of halogens is 1. The highest BCUT2D eigenvalue weighted by atomic mass is 19.1. The molecule has 1 aromatic rings. The summed E-state index contributed by atoms with van der Waals surface area (Å²) in [5.74, 6) is 0.359. The number of piperidine rings is 1. The number of carbonyl (C=O) groups is 1. The van der Waals surface area contributed by atoms with Crippen molar-refractivity contribution in [2.75, 3.05) is 18.4 Å². The molecule has 1 saturated heterocycles. The standard InChI is InChI=1S/C16H23FN2O/c1-11-5-4-8-19(10-11)13(3)16(20)18-14-7-6-12(2)15(17)9-14/h6-7,9,11,13H,4-5,8,10H2,1-3H3,(H,18,20)/p+1/t11-,13-/m0/s1. The molecule has 0 aliphatic carbocycles. The molecular weight excluding hydrogens is 255 g/mol. The van der Waals surface area contributed by atoms with Crippen molar-refractivity contribution in [1.29, 1.82) is 0 Å². The lowest BCUT2D eigenvalue weighted by molar-refractivity contribution is -0.922. The third-order valence-electron chi connectivity index (χ3n) is 4.25. The predicted octanol–water partition coefficient (Wildman–Crippen LogP) is 1.78. The van der Waals surface area contributed by atoms with E-state index in [1.165, 1.54) is 23.8 Å². The van der Waals surface area contributed by atoms with Gasteiger partial charge >= 0.3 is 0 Å². The van der Waals surface area contributed by atoms with E-state index in [0.717, 1.165) is 13.1 Å². The minimum Gasteiger partial charge on any atom is -0.325 e. The highest BCUT2D eigenvalue weighted by Crippen LogP contribution is 2.13. The summed E-state index contributed by atoms with van der Waals surface area (Å²) in [6.07, 6.45) is 2.42. The summed E-state index contributed by atoms with van der Waals surface area (Å²) < 4.78 is 13.5. The van der Waals surface area contributed by atoms with Crippen molar-refractivity contribution in [1.82, 2.24) is 0 Å². The molecule has 0 saturated carbocycles. The minimum atomic E-state index is -0.283. The lowest BCUT2D eigenvalue weighted by atomic mass is 9.99. The molecule has 0 aromatic heterocycles. The van der Waals surface area contributed by atoms with E-state index < -0.39 is 0 Å². The molecule has 0 spiro atoms. The summed E-state index contributed by atoms with van der Waals surface area (Å²) in [5.41, 5.74) is 1.13. The fraction of sp³-hybridized carbons (Fsp3) is 0.562. The smallest absolute Gasteiger partial charge is 0.282 e. The molecule has 1 fully saturated rings. The van der Waals surface area contributed by atoms with Gasteiger partial charge in [0.05, 0.1) is 13.1 Å². The predicted molar refractivity (Wildman–Crippen MR) is 78.3 cm³/mol. The second-order valence-corrected chi connectivity index (χ2v) is 6.03. The second kappa shape index (κ2) is 6.35. The second-order valence-electron chi connectivity index (χ2n) is 6.03. The average Bonchev–Trinajstić information content (AvgIpc) is 2.42. The van der Waals surface area contributed by atoms with Gasteiger partial charge in [-0.05, 0) is 44.4 Å². The first-order chi connectivity index (χ1) is 9.47. The zero-order chi connectivity index (χ0) is 14.7. The molecule has 1 amide bonds. The van der Waals surface area contributed by atoms with Crippen LogP contribution in [0.25, 0.3) is 0 Å². The summed E-state index contributed by atoms with van der Waals surface area (Å²) in [7, 11) is 0. The van der Waals surface area contributed by atoms with Crippen molar-refractivity contribution in [2.24, 2.45) is 5.92 Å². The van der Waals surface area contributed by atoms with Crippen molar-refractivity contribution in [3.8, 4) is 0 Å². The molecule has 2 rings (SSSR count). The van der Waals surface area contributed by atoms with Gasteiger partial charge in [-0.2, -0.15) is 0 Å². The Hall–Kier alpha value is -1.42. The summed E-state index contributed by atoms with van der Waals surface area (Å²) in [4.78, 5) is 13.6. The Balaban J connectivity index is 1.98. The van der Waals surface area contributed by atoms with E-state index in [1.807, 2.05) is 6.92 Å². The number of nitrogens with one attached hydrogen (secondary N) is 2. The van der Waals surface area contributed by atoms with Gasteiger partial charge in [-0.1, -0.05) is 13.0 Å². The molecule has 3 nitrogen and oxygen atoms in total. The van der Waals surface area contributed by atoms with Crippen LogP contribution in [0.4, 0.5) is 10.1 Å². The van der Waals surface area contributed by atoms with Gasteiger partial charge in [0.2, 0.25) is 0 Å². The monoisotopic (exact) mass is 279 g/mol. The number of anilines is 1. The fourth-order valence-electron chi connectivity index (χ4n) is 2.83. The quantitative estimate of drug-likeness (QED) is 0.869. The first kappa shape index (κ1) is 15.0. The third kappa shape index (κ3) is 3.57. The largest absolute Gasteiger partial charge is 0.325 e. The van der Waals surface area contributed by atoms with Crippen LogP contribution in [0.2, 0.25) is 0 Å². The van der Waals surface area contributed by atoms with E-state index in [2.05, 4.69) is 12.2 Å². The van der Waals surface area contributed by atoms with E-state index in [0.29, 0.717) is 17.2 Å². The zero-order valence-electron chi connectivity index (χ0n) is 12.5. The Labute approximate surface area is 120 Å². The molecule has 1 heterocycles. The third-order valence-corrected chi connectivity index (χ3v) is 4.25. The van der Waals surface area contributed by atoms with E-state index in [4.69, 9.17) is 0 Å². The molecule has 20 heavy (non-hydrogen) atoms. The number of carbonyl (C=O) groups excluding carboxylic acids is 1. The Bertz CT molecular complexity index is 489. The normalized spacial score (nSPS) is 24.2. The van der Waals surface area contributed by atoms with Crippen LogP contribution in [0, 0.1) is 18.7 Å². The average molecular weight is 279 g/mol. The number of hydrogen-bond donors (Lipinski definition) is 2. The number of rotatable bonds is 3. The molecule has 4 heteroatoms. The van der Waals surface area contributed by atoms with Gasteiger partial charge in [-0.25, -0.2) is 4.39 Å². The maximum atomic E-state index is 13.5. The van der Waals surface area contributed by atoms with Gasteiger partial charge in [-0.3, -0.25) is 4.79 Å². The van der Waals surface area contributed by atoms with Crippen LogP contribution in [0.3, 0.4) is 0 Å². The highest BCUT2D eigenvalue weighted by molar-refractivity contribution is 5.93. The van der Waals surface area contributed by atoms with Crippen LogP contribution < -0.4 is 10.2 Å². The van der Waals surface area contributed by atoms with E-state index >= 15 is 0 Å². The van der Waals surface area contributed by atoms with Gasteiger partial charge < -0.3 is 10.2 Å². The SMILES string of the molecule is Cc1ccc(NC(=O)[C@H](C)[NH+]2CCC[C@H](C)C2)cc1F. The molecule has 110 valence electrons. The minimum absolute atomic E-state index is 0.0302. The molecule has 0 radical (unpaired) electrons. The van der Waals surface area contributed by atoms with E-state index in [9.17, 15) is 9.18 Å². The molecular formula is C16H24FN2O+. The Morgan fingerprint density at radius 3 is 2.90 bits per heavy atom. The van der Waals surface area contributed by atoms with Gasteiger partial charge in [0.1, 0.15) is 5.82 Å². The first-order valence-electron chi connectivity index (χ1n) is 7.39. The van der Waals surface area contributed by atoms with Crippen molar-refractivity contribution in [2.45, 2.75) is 39.7 Å². The van der Waals surface area contributed by atoms with Gasteiger partial charge in [0.25, 0.3) is 5.91 Å². The van der Waals surface area contributed by atoms with Gasteiger partial charge in [-0.15, -0.1) is 0 Å². The number of amides is 1. The summed E-state index contributed by atoms with van der Waals surface area (Å²) in [5, 5.41) is 2.82. The Morgan fingerprint density at radius 2 is 2.25 bits per heavy atom. The maximum absolute atomic E-state index is 13.5. The van der Waals surface area contributed by atoms with E-state index in [-0.39, 0.29) is 17.8 Å². The topological polar surface area (TPSA) is 33.5 Å². The Kier molecular flexibility index (Phi) is 4.76. The number of quaternary nitrogens is 1. The number of likely N-dealkylation sites (tertiary alicyclic amines) is 1. The van der Waals surface area contributed by atoms with Crippen LogP contribution in [0.1, 0.15) is 32.3 Å². The molecule has 3 atom stereocenters. The Morgan fingerprint density at radius 1 is 1.50 bits per heavy atom. The summed E-state index contributed by atoms with van der Waals surface area (Å²) in [6.45, 7) is 7.98. The van der Waals surface area contributed by atoms with E-state index in [1.54, 1.807) is 19.1 Å². The molecule has 1 aliphatic heterocycles. The number of benzene rings is 1. The van der Waals surface area contributed by atoms with Crippen LogP contribution in [0.5, 0.6) is 0 Å². The van der Waals surface area contributed by atoms with Gasteiger partial charge in [0.15, 0.2) is 6.04 Å². The summed E-state index contributed by atoms with van der Waals surface area (Å²) >= 11 is 0. The van der Waals surface area contributed by atoms with Crippen LogP contribution >= 0.6 is 0 Å². The van der Waals surface area contributed by atoms with Crippen LogP contribution in [-0.2, 0) is 4.79 Å². The van der Waals surface area contributed by atoms with Crippen molar-refractivity contribution >= 4 is 11.6 Å². The van der Waals surface area contributed by atoms with Crippen molar-refractivity contribution < 1.29 is 14.1 Å². The van der Waals surface area contributed by atoms with Crippen molar-refractivity contribution in [3.63, 3.8) is 0 Å². The van der Waals surface area contributed by atoms with Crippen LogP contribution in [0.15, 0.2) is 18.2 Å². The maximum Gasteiger partial charge on any atom is 0.282 e. The lowest BCUT2D eigenvalue weighted by Gasteiger charge is -2.31. The number of aryl methyl sites for hydroxylation is 1. The first-order valence-corrected chi connectivity index (χ1v) is 7.39. The molecule has 1 aliphatic rings. The zero-order valence-corrected chi connectivity index (χ0v) is 12.5. The molecule has 1 unspecified atom stereocenters. The highest BCUT2D eigenvalue weighted by Gasteiger charge is 2.29. The van der Waals surface area contributed by atoms with Crippen molar-refractivity contribution in [3.05, 3.63) is 29.6 Å².